The van der Waals surface area contributed by atoms with Crippen molar-refractivity contribution in [3.63, 3.8) is 0 Å². The third-order valence-electron chi connectivity index (χ3n) is 3.88. The van der Waals surface area contributed by atoms with Crippen molar-refractivity contribution in [1.82, 2.24) is 10.2 Å². The molecule has 0 bridgehead atoms. The minimum atomic E-state index is -0.477. The second-order valence-electron chi connectivity index (χ2n) is 5.62. The van der Waals surface area contributed by atoms with Gasteiger partial charge in [0.15, 0.2) is 5.78 Å². The summed E-state index contributed by atoms with van der Waals surface area (Å²) in [6, 6.07) is 6.47. The van der Waals surface area contributed by atoms with Gasteiger partial charge in [-0.25, -0.2) is 4.79 Å². The molecule has 130 valence electrons. The molecule has 1 aromatic carbocycles. The molecule has 0 aromatic heterocycles. The number of nitrogens with one attached hydrogen (secondary N) is 1. The zero-order chi connectivity index (χ0) is 17.5. The number of esters is 1. The van der Waals surface area contributed by atoms with Gasteiger partial charge in [0.1, 0.15) is 6.54 Å². The first-order valence-electron chi connectivity index (χ1n) is 7.99. The van der Waals surface area contributed by atoms with E-state index in [0.29, 0.717) is 23.7 Å². The molecular weight excluding hydrogens is 332 g/mol. The van der Waals surface area contributed by atoms with E-state index < -0.39 is 5.97 Å². The van der Waals surface area contributed by atoms with Gasteiger partial charge in [0.25, 0.3) is 0 Å². The molecule has 0 radical (unpaired) electrons. The maximum absolute atomic E-state index is 12.6. The van der Waals surface area contributed by atoms with Gasteiger partial charge in [-0.2, -0.15) is 0 Å². The van der Waals surface area contributed by atoms with Gasteiger partial charge in [0, 0.05) is 29.6 Å². The number of likely N-dealkylation sites (tertiary alicyclic amines) is 1. The van der Waals surface area contributed by atoms with Crippen LogP contribution in [-0.4, -0.2) is 48.9 Å². The van der Waals surface area contributed by atoms with Crippen LogP contribution in [-0.2, 0) is 9.53 Å². The fourth-order valence-electron chi connectivity index (χ4n) is 2.72. The fourth-order valence-corrected chi connectivity index (χ4v) is 2.91. The first-order valence-corrected chi connectivity index (χ1v) is 8.37. The summed E-state index contributed by atoms with van der Waals surface area (Å²) in [5, 5.41) is 3.04. The van der Waals surface area contributed by atoms with Gasteiger partial charge in [-0.1, -0.05) is 23.7 Å². The van der Waals surface area contributed by atoms with Crippen LogP contribution < -0.4 is 5.32 Å². The van der Waals surface area contributed by atoms with Crippen molar-refractivity contribution in [2.75, 3.05) is 26.2 Å². The molecule has 1 N–H and O–H groups in total. The van der Waals surface area contributed by atoms with Crippen molar-refractivity contribution in [1.29, 1.82) is 0 Å². The van der Waals surface area contributed by atoms with Crippen molar-refractivity contribution < 1.29 is 19.1 Å². The van der Waals surface area contributed by atoms with E-state index in [4.69, 9.17) is 16.3 Å². The van der Waals surface area contributed by atoms with Gasteiger partial charge in [-0.15, -0.1) is 0 Å². The van der Waals surface area contributed by atoms with E-state index in [1.165, 1.54) is 0 Å². The summed E-state index contributed by atoms with van der Waals surface area (Å²) >= 11 is 5.93. The number of carbonyl (C=O) groups is 3. The summed E-state index contributed by atoms with van der Waals surface area (Å²) in [6.45, 7) is 2.70. The summed E-state index contributed by atoms with van der Waals surface area (Å²) < 4.78 is 4.77. The molecule has 0 unspecified atom stereocenters. The van der Waals surface area contributed by atoms with Crippen molar-refractivity contribution >= 4 is 29.4 Å². The molecule has 6 nitrogen and oxygen atoms in total. The molecule has 1 heterocycles. The quantitative estimate of drug-likeness (QED) is 0.652. The molecule has 1 fully saturated rings. The highest BCUT2D eigenvalue weighted by atomic mass is 35.5. The van der Waals surface area contributed by atoms with Crippen LogP contribution in [0.15, 0.2) is 24.3 Å². The highest BCUT2D eigenvalue weighted by molar-refractivity contribution is 6.31. The third kappa shape index (κ3) is 4.96. The van der Waals surface area contributed by atoms with Crippen LogP contribution in [0.5, 0.6) is 0 Å². The zero-order valence-electron chi connectivity index (χ0n) is 13.6. The average molecular weight is 353 g/mol. The number of hydrogen-bond acceptors (Lipinski definition) is 4. The number of Topliss-reactive ketones (excluding diaryl/α,β-unsaturated/α-hetero) is 1. The number of rotatable bonds is 5. The number of carbonyl (C=O) groups excluding carboxylic acids is 3. The van der Waals surface area contributed by atoms with Crippen LogP contribution in [0.2, 0.25) is 5.02 Å². The minimum Gasteiger partial charge on any atom is -0.465 e. The predicted molar refractivity (Wildman–Crippen MR) is 90.1 cm³/mol. The van der Waals surface area contributed by atoms with Gasteiger partial charge in [0.05, 0.1) is 6.61 Å². The lowest BCUT2D eigenvalue weighted by Gasteiger charge is -2.32. The molecule has 0 spiro atoms. The smallest absolute Gasteiger partial charge is 0.325 e. The molecule has 2 rings (SSSR count). The number of halogens is 1. The standard InChI is InChI=1S/C17H21ClN2O4/c1-2-24-15(21)10-19-17(23)20-8-4-6-13(11-20)16(22)12-5-3-7-14(18)9-12/h3,5,7,9,13H,2,4,6,8,10-11H2,1H3,(H,19,23)/t13-/m0/s1. The largest absolute Gasteiger partial charge is 0.465 e. The predicted octanol–water partition coefficient (Wildman–Crippen LogP) is 2.51. The van der Waals surface area contributed by atoms with Gasteiger partial charge in [0.2, 0.25) is 0 Å². The van der Waals surface area contributed by atoms with Crippen molar-refractivity contribution in [3.8, 4) is 0 Å². The fraction of sp³-hybridized carbons (Fsp3) is 0.471. The van der Waals surface area contributed by atoms with Gasteiger partial charge in [-0.05, 0) is 31.9 Å². The Hall–Kier alpha value is -2.08. The average Bonchev–Trinajstić information content (AvgIpc) is 2.59. The van der Waals surface area contributed by atoms with E-state index in [9.17, 15) is 14.4 Å². The molecule has 7 heteroatoms. The van der Waals surface area contributed by atoms with E-state index in [2.05, 4.69) is 5.32 Å². The molecule has 24 heavy (non-hydrogen) atoms. The maximum atomic E-state index is 12.6. The van der Waals surface area contributed by atoms with Crippen molar-refractivity contribution in [2.45, 2.75) is 19.8 Å². The van der Waals surface area contributed by atoms with Gasteiger partial charge < -0.3 is 15.0 Å². The monoisotopic (exact) mass is 352 g/mol. The molecule has 2 amide bonds. The second kappa shape index (κ2) is 8.68. The van der Waals surface area contributed by atoms with Crippen LogP contribution in [0.4, 0.5) is 4.79 Å². The Morgan fingerprint density at radius 2 is 2.17 bits per heavy atom. The Balaban J connectivity index is 1.92. The molecule has 1 saturated heterocycles. The van der Waals surface area contributed by atoms with Crippen molar-refractivity contribution in [2.24, 2.45) is 5.92 Å². The zero-order valence-corrected chi connectivity index (χ0v) is 14.3. The summed E-state index contributed by atoms with van der Waals surface area (Å²) in [5.41, 5.74) is 0.557. The lowest BCUT2D eigenvalue weighted by atomic mass is 9.90. The number of amides is 2. The lowest BCUT2D eigenvalue weighted by molar-refractivity contribution is -0.141. The number of benzene rings is 1. The van der Waals surface area contributed by atoms with E-state index in [-0.39, 0.29) is 30.9 Å². The number of ether oxygens (including phenoxy) is 1. The summed E-state index contributed by atoms with van der Waals surface area (Å²) in [5.74, 6) is -0.750. The molecule has 0 aliphatic carbocycles. The number of urea groups is 1. The van der Waals surface area contributed by atoms with Gasteiger partial charge >= 0.3 is 12.0 Å². The Bertz CT molecular complexity index is 620. The lowest BCUT2D eigenvalue weighted by Crippen LogP contribution is -2.48. The SMILES string of the molecule is CCOC(=O)CNC(=O)N1CCC[C@H](C(=O)c2cccc(Cl)c2)C1. The van der Waals surface area contributed by atoms with Gasteiger partial charge in [-0.3, -0.25) is 9.59 Å². The Labute approximate surface area is 146 Å². The summed E-state index contributed by atoms with van der Waals surface area (Å²) in [6.07, 6.45) is 1.47. The molecule has 1 atom stereocenters. The molecule has 1 aliphatic heterocycles. The molecular formula is C17H21ClN2O4. The molecule has 0 saturated carbocycles. The highest BCUT2D eigenvalue weighted by Crippen LogP contribution is 2.22. The first kappa shape index (κ1) is 18.3. The normalized spacial score (nSPS) is 17.2. The van der Waals surface area contributed by atoms with Crippen LogP contribution in [0.25, 0.3) is 0 Å². The van der Waals surface area contributed by atoms with Crippen LogP contribution in [0.3, 0.4) is 0 Å². The first-order chi connectivity index (χ1) is 11.5. The van der Waals surface area contributed by atoms with E-state index in [0.717, 1.165) is 12.8 Å². The third-order valence-corrected chi connectivity index (χ3v) is 4.11. The summed E-state index contributed by atoms with van der Waals surface area (Å²) in [7, 11) is 0. The number of piperidine rings is 1. The van der Waals surface area contributed by atoms with E-state index >= 15 is 0 Å². The Kier molecular flexibility index (Phi) is 6.61. The molecule has 1 aromatic rings. The van der Waals surface area contributed by atoms with Crippen LogP contribution >= 0.6 is 11.6 Å². The van der Waals surface area contributed by atoms with E-state index in [1.54, 1.807) is 36.1 Å². The van der Waals surface area contributed by atoms with Crippen LogP contribution in [0.1, 0.15) is 30.1 Å². The second-order valence-corrected chi connectivity index (χ2v) is 6.06. The summed E-state index contributed by atoms with van der Waals surface area (Å²) in [4.78, 5) is 37.6. The number of ketones is 1. The number of hydrogen-bond donors (Lipinski definition) is 1. The Morgan fingerprint density at radius 1 is 1.38 bits per heavy atom. The topological polar surface area (TPSA) is 75.7 Å². The highest BCUT2D eigenvalue weighted by Gasteiger charge is 2.29. The maximum Gasteiger partial charge on any atom is 0.325 e. The molecule has 1 aliphatic rings. The number of nitrogens with zero attached hydrogens (tertiary/aromatic N) is 1. The minimum absolute atomic E-state index is 0.0135. The van der Waals surface area contributed by atoms with Crippen molar-refractivity contribution in [3.05, 3.63) is 34.9 Å². The Morgan fingerprint density at radius 3 is 2.88 bits per heavy atom. The van der Waals surface area contributed by atoms with E-state index in [1.807, 2.05) is 0 Å². The van der Waals surface area contributed by atoms with Crippen LogP contribution in [0, 0.1) is 5.92 Å².